The van der Waals surface area contributed by atoms with Crippen LogP contribution in [0.4, 0.5) is 0 Å². The van der Waals surface area contributed by atoms with Gasteiger partial charge in [-0.25, -0.2) is 0 Å². The molecule has 15 atom stereocenters. The summed E-state index contributed by atoms with van der Waals surface area (Å²) in [4.78, 5) is 94.9. The third kappa shape index (κ3) is 15.1. The summed E-state index contributed by atoms with van der Waals surface area (Å²) < 4.78 is 88.9. The molecular formula is C59H67NO21. The Labute approximate surface area is 468 Å². The van der Waals surface area contributed by atoms with Crippen molar-refractivity contribution < 1.29 is 99.9 Å². The van der Waals surface area contributed by atoms with Crippen molar-refractivity contribution in [1.82, 2.24) is 4.90 Å². The van der Waals surface area contributed by atoms with Gasteiger partial charge in [0.05, 0.1) is 43.7 Å². The van der Waals surface area contributed by atoms with Gasteiger partial charge in [0, 0.05) is 41.2 Å². The van der Waals surface area contributed by atoms with Crippen LogP contribution in [0, 0.1) is 0 Å². The van der Waals surface area contributed by atoms with Gasteiger partial charge in [-0.1, -0.05) is 103 Å². The van der Waals surface area contributed by atoms with Gasteiger partial charge in [-0.3, -0.25) is 38.5 Å². The Morgan fingerprint density at radius 2 is 0.901 bits per heavy atom. The second-order valence-corrected chi connectivity index (χ2v) is 19.6. The van der Waals surface area contributed by atoms with E-state index in [2.05, 4.69) is 0 Å². The Kier molecular flexibility index (Phi) is 20.9. The molecule has 22 nitrogen and oxygen atoms in total. The molecule has 434 valence electrons. The minimum absolute atomic E-state index is 0.00795. The fourth-order valence-electron chi connectivity index (χ4n) is 10.2. The smallest absolute Gasteiger partial charge is 0.303 e. The number of esters is 5. The van der Waals surface area contributed by atoms with Crippen LogP contribution in [-0.2, 0) is 110 Å². The van der Waals surface area contributed by atoms with Crippen molar-refractivity contribution in [2.24, 2.45) is 0 Å². The number of amides is 2. The molecule has 4 aliphatic rings. The molecule has 4 aromatic carbocycles. The van der Waals surface area contributed by atoms with Crippen LogP contribution >= 0.6 is 0 Å². The maximum atomic E-state index is 14.5. The van der Waals surface area contributed by atoms with E-state index in [4.69, 9.17) is 66.3 Å². The van der Waals surface area contributed by atoms with E-state index in [1.165, 1.54) is 19.1 Å². The van der Waals surface area contributed by atoms with E-state index in [-0.39, 0.29) is 44.2 Å². The molecule has 81 heavy (non-hydrogen) atoms. The van der Waals surface area contributed by atoms with Crippen molar-refractivity contribution in [2.75, 3.05) is 19.8 Å². The number of nitrogens with zero attached hydrogens (tertiary/aromatic N) is 1. The first-order valence-electron chi connectivity index (χ1n) is 26.6. The number of benzene rings is 4. The van der Waals surface area contributed by atoms with Gasteiger partial charge >= 0.3 is 29.8 Å². The average Bonchev–Trinajstić information content (AvgIpc) is 3.23. The van der Waals surface area contributed by atoms with E-state index in [1.807, 2.05) is 91.0 Å². The van der Waals surface area contributed by atoms with Crippen LogP contribution in [0.5, 0.6) is 0 Å². The summed E-state index contributed by atoms with van der Waals surface area (Å²) in [5.41, 5.74) is 2.45. The predicted octanol–water partition coefficient (Wildman–Crippen LogP) is 5.33. The summed E-state index contributed by atoms with van der Waals surface area (Å²) in [7, 11) is 0. The Balaban J connectivity index is 1.21. The minimum atomic E-state index is -1.88. The van der Waals surface area contributed by atoms with Crippen LogP contribution in [0.3, 0.4) is 0 Å². The quantitative estimate of drug-likeness (QED) is 0.0517. The maximum absolute atomic E-state index is 14.5. The highest BCUT2D eigenvalue weighted by molar-refractivity contribution is 6.21. The molecular weight excluding hydrogens is 1060 g/mol. The van der Waals surface area contributed by atoms with Gasteiger partial charge < -0.3 is 66.3 Å². The minimum Gasteiger partial charge on any atom is -0.463 e. The van der Waals surface area contributed by atoms with Crippen LogP contribution in [-0.4, -0.2) is 158 Å². The second kappa shape index (κ2) is 28.1. The SMILES string of the molecule is CCO[C@@H]1O[C@@H](C)[C@H](O[C@@H]2O[C@H](COC(C)=O)[C@@H](OC(C)=O)[C@H](OC(C)=O)[C@H]2N2C(=O)c3ccccc3C2=O)[C@@H](OC(C)=O)[C@H]1O[C@@H]1O[C@H](COCc2ccccc2)[C@@H](OCc2ccccc2)[C@H](OCc2ccccc2)[C@@H]1OC(C)=O. The lowest BCUT2D eigenvalue weighted by Crippen LogP contribution is -2.70. The number of hydrogen-bond acceptors (Lipinski definition) is 21. The molecule has 0 saturated carbocycles. The van der Waals surface area contributed by atoms with Crippen molar-refractivity contribution in [3.05, 3.63) is 143 Å². The van der Waals surface area contributed by atoms with E-state index >= 15 is 0 Å². The zero-order chi connectivity index (χ0) is 57.7. The Morgan fingerprint density at radius 1 is 0.444 bits per heavy atom. The van der Waals surface area contributed by atoms with Crippen LogP contribution in [0.1, 0.15) is 85.9 Å². The Morgan fingerprint density at radius 3 is 1.43 bits per heavy atom. The van der Waals surface area contributed by atoms with Gasteiger partial charge in [-0.2, -0.15) is 0 Å². The molecule has 0 radical (unpaired) electrons. The molecule has 3 saturated heterocycles. The van der Waals surface area contributed by atoms with Gasteiger partial charge in [0.25, 0.3) is 11.8 Å². The zero-order valence-corrected chi connectivity index (χ0v) is 45.9. The van der Waals surface area contributed by atoms with Crippen LogP contribution in [0.25, 0.3) is 0 Å². The normalized spacial score (nSPS) is 29.0. The topological polar surface area (TPSA) is 252 Å². The molecule has 4 aliphatic heterocycles. The van der Waals surface area contributed by atoms with E-state index < -0.39 is 140 Å². The lowest BCUT2D eigenvalue weighted by molar-refractivity contribution is -0.384. The maximum Gasteiger partial charge on any atom is 0.303 e. The van der Waals surface area contributed by atoms with Gasteiger partial charge in [-0.15, -0.1) is 0 Å². The van der Waals surface area contributed by atoms with E-state index in [1.54, 1.807) is 26.0 Å². The highest BCUT2D eigenvalue weighted by Gasteiger charge is 2.61. The first kappa shape index (κ1) is 60.1. The molecule has 0 N–H and O–H groups in total. The second-order valence-electron chi connectivity index (χ2n) is 19.6. The van der Waals surface area contributed by atoms with Crippen LogP contribution in [0.2, 0.25) is 0 Å². The highest BCUT2D eigenvalue weighted by Crippen LogP contribution is 2.40. The molecule has 0 aromatic heterocycles. The van der Waals surface area contributed by atoms with Gasteiger partial charge in [0.1, 0.15) is 43.2 Å². The van der Waals surface area contributed by atoms with E-state index in [0.717, 1.165) is 49.3 Å². The zero-order valence-electron chi connectivity index (χ0n) is 45.9. The molecule has 4 heterocycles. The molecule has 0 spiro atoms. The van der Waals surface area contributed by atoms with Gasteiger partial charge in [0.15, 0.2) is 49.4 Å². The number of carbonyl (C=O) groups excluding carboxylic acids is 7. The third-order valence-corrected chi connectivity index (χ3v) is 13.6. The van der Waals surface area contributed by atoms with Gasteiger partial charge in [-0.05, 0) is 42.7 Å². The molecule has 22 heteroatoms. The molecule has 0 aliphatic carbocycles. The van der Waals surface area contributed by atoms with Crippen molar-refractivity contribution in [3.63, 3.8) is 0 Å². The van der Waals surface area contributed by atoms with Crippen molar-refractivity contribution >= 4 is 41.7 Å². The van der Waals surface area contributed by atoms with Gasteiger partial charge in [0.2, 0.25) is 0 Å². The first-order chi connectivity index (χ1) is 39.0. The van der Waals surface area contributed by atoms with Crippen LogP contribution in [0.15, 0.2) is 115 Å². The van der Waals surface area contributed by atoms with Crippen molar-refractivity contribution in [2.45, 2.75) is 160 Å². The van der Waals surface area contributed by atoms with Crippen molar-refractivity contribution in [1.29, 1.82) is 0 Å². The molecule has 0 bridgehead atoms. The number of imide groups is 1. The Bertz CT molecular complexity index is 2750. The lowest BCUT2D eigenvalue weighted by atomic mass is 9.93. The fraction of sp³-hybridized carbons (Fsp3) is 0.475. The number of carbonyl (C=O) groups is 7. The summed E-state index contributed by atoms with van der Waals surface area (Å²) in [5, 5.41) is 0. The summed E-state index contributed by atoms with van der Waals surface area (Å²) in [5.74, 6) is -5.86. The van der Waals surface area contributed by atoms with Crippen LogP contribution < -0.4 is 0 Å². The van der Waals surface area contributed by atoms with Crippen molar-refractivity contribution in [3.8, 4) is 0 Å². The Hall–Kier alpha value is -6.99. The summed E-state index contributed by atoms with van der Waals surface area (Å²) in [6.07, 6.45) is -20.1. The molecule has 4 aromatic rings. The number of ether oxygens (including phenoxy) is 14. The molecule has 0 unspecified atom stereocenters. The fourth-order valence-corrected chi connectivity index (χ4v) is 10.2. The van der Waals surface area contributed by atoms with E-state index in [9.17, 15) is 33.6 Å². The number of fused-ring (bicyclic) bond motifs is 1. The summed E-state index contributed by atoms with van der Waals surface area (Å²) in [6.45, 7) is 8.42. The summed E-state index contributed by atoms with van der Waals surface area (Å²) >= 11 is 0. The molecule has 2 amide bonds. The summed E-state index contributed by atoms with van der Waals surface area (Å²) in [6, 6.07) is 32.3. The predicted molar refractivity (Wildman–Crippen MR) is 279 cm³/mol. The lowest BCUT2D eigenvalue weighted by Gasteiger charge is -2.51. The largest absolute Gasteiger partial charge is 0.463 e. The highest BCUT2D eigenvalue weighted by atomic mass is 16.8. The molecule has 3 fully saturated rings. The third-order valence-electron chi connectivity index (χ3n) is 13.6. The monoisotopic (exact) mass is 1130 g/mol. The number of rotatable bonds is 23. The standard InChI is InChI=1S/C59H67NO21/c1-8-69-58-54(81-59-53(77-38(7)65)51(72-30-41-24-16-11-17-25-41)48(71-29-40-22-14-10-15-23-40)44(79-59)31-68-28-39-20-12-9-13-21-39)52(76-37(6)64)47(33(2)73-58)80-57-46(60-55(66)42-26-18-19-27-43(42)56(60)67)50(75-36(5)63)49(74-35(4)62)45(78-57)32-70-34(3)61/h9-27,33,44-54,57-59H,8,28-32H2,1-7H3/t33-,44+,45+,46+,47-,48+,49+,50+,51-,52+,53-,54+,57-,58+,59-/m0/s1. The first-order valence-corrected chi connectivity index (χ1v) is 26.6. The molecule has 8 rings (SSSR count). The average molecular weight is 1130 g/mol. The number of hydrogen-bond donors (Lipinski definition) is 0. The van der Waals surface area contributed by atoms with E-state index in [0.29, 0.717) is 0 Å².